The van der Waals surface area contributed by atoms with Crippen molar-refractivity contribution in [1.29, 1.82) is 0 Å². The number of terminal acetylenes is 1. The van der Waals surface area contributed by atoms with Crippen molar-refractivity contribution in [1.82, 2.24) is 4.90 Å². The smallest absolute Gasteiger partial charge is 0.0140 e. The normalized spacial score (nSPS) is 6.33. The van der Waals surface area contributed by atoms with Crippen molar-refractivity contribution in [2.45, 2.75) is 0 Å². The first-order valence-corrected chi connectivity index (χ1v) is 1.63. The lowest BCUT2D eigenvalue weighted by Crippen LogP contribution is -1.99. The molecule has 0 unspecified atom stereocenters. The molecule has 0 saturated heterocycles. The maximum absolute atomic E-state index is 5.25. The Morgan fingerprint density at radius 3 is 1.17 bits per heavy atom. The highest BCUT2D eigenvalue weighted by atomic mass is 15.0. The van der Waals surface area contributed by atoms with Crippen LogP contribution in [0.25, 0.3) is 0 Å². The molecule has 0 atom stereocenters. The van der Waals surface area contributed by atoms with Crippen LogP contribution in [0.4, 0.5) is 0 Å². The lowest BCUT2D eigenvalue weighted by Gasteiger charge is -1.90. The van der Waals surface area contributed by atoms with Gasteiger partial charge in [0.05, 0.1) is 0 Å². The first-order chi connectivity index (χ1) is 2.73. The van der Waals surface area contributed by atoms with Gasteiger partial charge in [-0.05, 0) is 27.6 Å². The Hall–Kier alpha value is -0.480. The Morgan fingerprint density at radius 1 is 1.17 bits per heavy atom. The second-order valence-corrected chi connectivity index (χ2v) is 1.34. The van der Waals surface area contributed by atoms with E-state index in [0.717, 1.165) is 0 Å². The molecule has 0 aliphatic rings. The highest BCUT2D eigenvalue weighted by Gasteiger charge is 1.58. The summed E-state index contributed by atoms with van der Waals surface area (Å²) in [7, 11) is 6.00. The van der Waals surface area contributed by atoms with Crippen LogP contribution in [0.2, 0.25) is 0 Å². The van der Waals surface area contributed by atoms with Crippen molar-refractivity contribution >= 4 is 0 Å². The third kappa shape index (κ3) is 97.0. The minimum Gasteiger partial charge on any atom is -0.312 e. The van der Waals surface area contributed by atoms with E-state index < -0.39 is 0 Å². The zero-order chi connectivity index (χ0) is 5.58. The third-order valence-corrected chi connectivity index (χ3v) is 0. The lowest BCUT2D eigenvalue weighted by molar-refractivity contribution is 0.505. The average molecular weight is 84.1 g/mol. The maximum Gasteiger partial charge on any atom is -0.0140 e. The quantitative estimate of drug-likeness (QED) is 0.384. The monoisotopic (exact) mass is 84.1 g/mol. The highest BCUT2D eigenvalue weighted by molar-refractivity contribution is 4.23. The number of hydrogen-bond donors (Lipinski definition) is 0. The molecule has 0 rings (SSSR count). The second kappa shape index (κ2) is 8.82. The summed E-state index contributed by atoms with van der Waals surface area (Å²) >= 11 is 0. The Balaban J connectivity index is 0. The van der Waals surface area contributed by atoms with Gasteiger partial charge in [0.1, 0.15) is 0 Å². The van der Waals surface area contributed by atoms with Crippen molar-refractivity contribution in [3.05, 3.63) is 6.42 Å². The largest absolute Gasteiger partial charge is 0.312 e. The molecule has 0 aliphatic carbocycles. The van der Waals surface area contributed by atoms with Crippen LogP contribution < -0.4 is 0 Å². The fourth-order valence-corrected chi connectivity index (χ4v) is 0. The van der Waals surface area contributed by atoms with E-state index in [1.807, 2.05) is 26.0 Å². The van der Waals surface area contributed by atoms with Gasteiger partial charge in [0.15, 0.2) is 0 Å². The van der Waals surface area contributed by atoms with Crippen LogP contribution in [0.3, 0.4) is 0 Å². The number of hydrogen-bond acceptors (Lipinski definition) is 1. The van der Waals surface area contributed by atoms with Crippen molar-refractivity contribution in [3.63, 3.8) is 0 Å². The average Bonchev–Trinajstić information content (AvgIpc) is 1.41. The molecule has 0 aromatic heterocycles. The van der Waals surface area contributed by atoms with E-state index in [-0.39, 0.29) is 0 Å². The molecular formula is C5H10N. The van der Waals surface area contributed by atoms with Crippen LogP contribution in [0.15, 0.2) is 0 Å². The fraction of sp³-hybridized carbons (Fsp3) is 0.600. The summed E-state index contributed by atoms with van der Waals surface area (Å²) in [5.41, 5.74) is 0. The summed E-state index contributed by atoms with van der Waals surface area (Å²) < 4.78 is 0. The Morgan fingerprint density at radius 2 is 1.17 bits per heavy atom. The van der Waals surface area contributed by atoms with Crippen molar-refractivity contribution in [2.75, 3.05) is 21.1 Å². The lowest BCUT2D eigenvalue weighted by atomic mass is 11.0. The first kappa shape index (κ1) is 9.10. The van der Waals surface area contributed by atoms with Gasteiger partial charge < -0.3 is 4.90 Å². The summed E-state index contributed by atoms with van der Waals surface area (Å²) in [6.07, 6.45) is 9.00. The standard InChI is InChI=1S/C3H9N.C2H/c1-4(2)3;1-2/h1-3H3;1H. The van der Waals surface area contributed by atoms with Gasteiger partial charge in [0, 0.05) is 0 Å². The van der Waals surface area contributed by atoms with Gasteiger partial charge in [-0.1, -0.05) is 0 Å². The summed E-state index contributed by atoms with van der Waals surface area (Å²) in [5.74, 6) is 0. The van der Waals surface area contributed by atoms with Gasteiger partial charge in [-0.3, -0.25) is 0 Å². The zero-order valence-corrected chi connectivity index (χ0v) is 4.52. The van der Waals surface area contributed by atoms with Gasteiger partial charge in [-0.15, -0.1) is 6.42 Å². The predicted molar refractivity (Wildman–Crippen MR) is 27.8 cm³/mol. The van der Waals surface area contributed by atoms with Crippen molar-refractivity contribution in [2.24, 2.45) is 0 Å². The third-order valence-electron chi connectivity index (χ3n) is 0. The molecule has 0 amide bonds. The molecule has 0 fully saturated rings. The van der Waals surface area contributed by atoms with Gasteiger partial charge >= 0.3 is 0 Å². The van der Waals surface area contributed by atoms with E-state index >= 15 is 0 Å². The minimum absolute atomic E-state index is 2.00. The minimum atomic E-state index is 2.00. The van der Waals surface area contributed by atoms with Crippen LogP contribution in [-0.2, 0) is 0 Å². The molecule has 0 saturated carbocycles. The predicted octanol–water partition coefficient (Wildman–Crippen LogP) is 0.384. The molecular weight excluding hydrogens is 74.1 g/mol. The van der Waals surface area contributed by atoms with Crippen molar-refractivity contribution in [3.8, 4) is 6.42 Å². The van der Waals surface area contributed by atoms with E-state index in [4.69, 9.17) is 6.42 Å². The van der Waals surface area contributed by atoms with Gasteiger partial charge in [-0.2, -0.15) is 0 Å². The Labute approximate surface area is 40.0 Å². The molecule has 0 spiro atoms. The van der Waals surface area contributed by atoms with Gasteiger partial charge in [0.25, 0.3) is 0 Å². The van der Waals surface area contributed by atoms with E-state index in [1.54, 1.807) is 0 Å². The van der Waals surface area contributed by atoms with Crippen LogP contribution in [0, 0.1) is 12.8 Å². The molecule has 0 N–H and O–H groups in total. The molecule has 1 heteroatoms. The van der Waals surface area contributed by atoms with Crippen LogP contribution >= 0.6 is 0 Å². The molecule has 0 aliphatic heterocycles. The molecule has 6 heavy (non-hydrogen) atoms. The molecule has 0 bridgehead atoms. The van der Waals surface area contributed by atoms with E-state index in [1.165, 1.54) is 0 Å². The molecule has 35 valence electrons. The van der Waals surface area contributed by atoms with E-state index in [0.29, 0.717) is 0 Å². The Bertz CT molecular complexity index is 25.4. The number of nitrogens with zero attached hydrogens (tertiary/aromatic N) is 1. The number of rotatable bonds is 0. The highest BCUT2D eigenvalue weighted by Crippen LogP contribution is 1.47. The molecule has 1 radical (unpaired) electrons. The van der Waals surface area contributed by atoms with Gasteiger partial charge in [0.2, 0.25) is 0 Å². The fourth-order valence-electron chi connectivity index (χ4n) is 0. The summed E-state index contributed by atoms with van der Waals surface area (Å²) in [6, 6.07) is 0. The summed E-state index contributed by atoms with van der Waals surface area (Å²) in [4.78, 5) is 2.00. The summed E-state index contributed by atoms with van der Waals surface area (Å²) in [6.45, 7) is 0. The zero-order valence-electron chi connectivity index (χ0n) is 4.52. The Kier molecular flexibility index (Phi) is 13.4. The molecule has 0 aromatic carbocycles. The van der Waals surface area contributed by atoms with Crippen LogP contribution in [0.5, 0.6) is 0 Å². The van der Waals surface area contributed by atoms with Crippen LogP contribution in [-0.4, -0.2) is 26.0 Å². The van der Waals surface area contributed by atoms with Gasteiger partial charge in [-0.25, -0.2) is 0 Å². The molecule has 1 nitrogen and oxygen atoms in total. The van der Waals surface area contributed by atoms with E-state index in [9.17, 15) is 0 Å². The SMILES string of the molecule is CN(C)C.[C]#C. The second-order valence-electron chi connectivity index (χ2n) is 1.34. The molecule has 0 aromatic rings. The molecule has 0 heterocycles. The van der Waals surface area contributed by atoms with E-state index in [2.05, 4.69) is 6.42 Å². The topological polar surface area (TPSA) is 3.24 Å². The first-order valence-electron chi connectivity index (χ1n) is 1.63. The van der Waals surface area contributed by atoms with Crippen molar-refractivity contribution < 1.29 is 0 Å². The summed E-state index contributed by atoms with van der Waals surface area (Å²) in [5, 5.41) is 0. The maximum atomic E-state index is 5.25. The van der Waals surface area contributed by atoms with Crippen LogP contribution in [0.1, 0.15) is 0 Å².